The Morgan fingerprint density at radius 3 is 3.08 bits per heavy atom. The molecular formula is C18H22N4O3. The molecule has 7 heteroatoms. The van der Waals surface area contributed by atoms with E-state index in [9.17, 15) is 9.59 Å². The number of H-pyrrole nitrogens is 1. The van der Waals surface area contributed by atoms with Crippen LogP contribution in [0.5, 0.6) is 0 Å². The lowest BCUT2D eigenvalue weighted by Crippen LogP contribution is -2.44. The lowest BCUT2D eigenvalue weighted by atomic mass is 9.89. The Morgan fingerprint density at radius 2 is 2.28 bits per heavy atom. The first kappa shape index (κ1) is 16.1. The maximum atomic E-state index is 13.2. The topological polar surface area (TPSA) is 80.2 Å². The summed E-state index contributed by atoms with van der Waals surface area (Å²) >= 11 is 0. The molecule has 2 aliphatic heterocycles. The average Bonchev–Trinajstić information content (AvgIpc) is 3.07. The average molecular weight is 342 g/mol. The van der Waals surface area contributed by atoms with Crippen LogP contribution in [0, 0.1) is 5.92 Å². The molecule has 25 heavy (non-hydrogen) atoms. The number of aromatic nitrogens is 3. The maximum absolute atomic E-state index is 13.2. The van der Waals surface area contributed by atoms with Crippen LogP contribution in [0.2, 0.25) is 0 Å². The van der Waals surface area contributed by atoms with Crippen molar-refractivity contribution in [1.29, 1.82) is 0 Å². The van der Waals surface area contributed by atoms with Gasteiger partial charge in [0.2, 0.25) is 5.91 Å². The van der Waals surface area contributed by atoms with Gasteiger partial charge in [-0.2, -0.15) is 5.10 Å². The molecule has 0 saturated carbocycles. The molecule has 0 aromatic carbocycles. The van der Waals surface area contributed by atoms with Gasteiger partial charge in [0.15, 0.2) is 0 Å². The smallest absolute Gasteiger partial charge is 0.253 e. The van der Waals surface area contributed by atoms with Crippen molar-refractivity contribution in [3.63, 3.8) is 0 Å². The van der Waals surface area contributed by atoms with Crippen molar-refractivity contribution in [3.05, 3.63) is 51.7 Å². The maximum Gasteiger partial charge on any atom is 0.253 e. The van der Waals surface area contributed by atoms with Crippen LogP contribution in [0.1, 0.15) is 35.8 Å². The van der Waals surface area contributed by atoms with Crippen LogP contribution in [0.25, 0.3) is 0 Å². The van der Waals surface area contributed by atoms with Crippen molar-refractivity contribution < 1.29 is 9.53 Å². The number of carbonyl (C=O) groups excluding carboxylic acids is 1. The molecule has 132 valence electrons. The molecule has 1 amide bonds. The standard InChI is InChI=1S/C18H22N4O3/c1-21-15(5-8-20-21)16-13(3-2-10-25-16)18(24)22-9-6-12-4-7-19-17(23)14(12)11-22/h4-5,7-8,13,16H,2-3,6,9-11H2,1H3,(H,19,23)/t13-,16-/m1/s1. The molecule has 0 radical (unpaired) electrons. The third-order valence-electron chi connectivity index (χ3n) is 5.26. The summed E-state index contributed by atoms with van der Waals surface area (Å²) in [6.07, 6.45) is 5.51. The number of pyridine rings is 1. The van der Waals surface area contributed by atoms with Crippen molar-refractivity contribution in [2.75, 3.05) is 13.2 Å². The van der Waals surface area contributed by atoms with E-state index in [4.69, 9.17) is 4.74 Å². The predicted octanol–water partition coefficient (Wildman–Crippen LogP) is 1.16. The second-order valence-corrected chi connectivity index (χ2v) is 6.74. The number of rotatable bonds is 2. The van der Waals surface area contributed by atoms with Gasteiger partial charge in [-0.15, -0.1) is 0 Å². The highest BCUT2D eigenvalue weighted by molar-refractivity contribution is 5.80. The number of amides is 1. The fourth-order valence-electron chi connectivity index (χ4n) is 3.90. The summed E-state index contributed by atoms with van der Waals surface area (Å²) in [5.74, 6) is -0.159. The van der Waals surface area contributed by atoms with Crippen molar-refractivity contribution in [2.45, 2.75) is 31.9 Å². The van der Waals surface area contributed by atoms with Gasteiger partial charge in [0.1, 0.15) is 6.10 Å². The molecule has 4 rings (SSSR count). The number of nitrogens with zero attached hydrogens (tertiary/aromatic N) is 3. The largest absolute Gasteiger partial charge is 0.371 e. The zero-order chi connectivity index (χ0) is 17.4. The van der Waals surface area contributed by atoms with Crippen LogP contribution in [0.15, 0.2) is 29.3 Å². The van der Waals surface area contributed by atoms with Crippen LogP contribution >= 0.6 is 0 Å². The molecule has 1 fully saturated rings. The van der Waals surface area contributed by atoms with Crippen LogP contribution in [0.3, 0.4) is 0 Å². The summed E-state index contributed by atoms with van der Waals surface area (Å²) in [5, 5.41) is 4.21. The highest BCUT2D eigenvalue weighted by Crippen LogP contribution is 2.35. The van der Waals surface area contributed by atoms with Crippen LogP contribution in [-0.2, 0) is 29.5 Å². The Labute approximate surface area is 145 Å². The van der Waals surface area contributed by atoms with Gasteiger partial charge in [0.25, 0.3) is 5.56 Å². The molecule has 2 atom stereocenters. The van der Waals surface area contributed by atoms with Crippen LogP contribution in [-0.4, -0.2) is 38.7 Å². The van der Waals surface area contributed by atoms with Crippen molar-refractivity contribution in [1.82, 2.24) is 19.7 Å². The fourth-order valence-corrected chi connectivity index (χ4v) is 3.90. The summed E-state index contributed by atoms with van der Waals surface area (Å²) in [7, 11) is 1.87. The summed E-state index contributed by atoms with van der Waals surface area (Å²) in [5.41, 5.74) is 2.57. The molecule has 0 aliphatic carbocycles. The molecule has 2 aromatic rings. The normalized spacial score (nSPS) is 23.3. The third kappa shape index (κ3) is 2.89. The van der Waals surface area contributed by atoms with Crippen molar-refractivity contribution >= 4 is 5.91 Å². The number of aryl methyl sites for hydroxylation is 1. The zero-order valence-electron chi connectivity index (χ0n) is 14.3. The van der Waals surface area contributed by atoms with E-state index in [-0.39, 0.29) is 23.5 Å². The second kappa shape index (κ2) is 6.48. The summed E-state index contributed by atoms with van der Waals surface area (Å²) < 4.78 is 7.72. The van der Waals surface area contributed by atoms with Gasteiger partial charge < -0.3 is 14.6 Å². The second-order valence-electron chi connectivity index (χ2n) is 6.74. The van der Waals surface area contributed by atoms with E-state index in [2.05, 4.69) is 10.1 Å². The minimum Gasteiger partial charge on any atom is -0.371 e. The Hall–Kier alpha value is -2.41. The molecule has 4 heterocycles. The predicted molar refractivity (Wildman–Crippen MR) is 90.8 cm³/mol. The number of aromatic amines is 1. The lowest BCUT2D eigenvalue weighted by Gasteiger charge is -2.36. The highest BCUT2D eigenvalue weighted by atomic mass is 16.5. The minimum atomic E-state index is -0.274. The van der Waals surface area contributed by atoms with E-state index >= 15 is 0 Å². The number of ether oxygens (including phenoxy) is 1. The van der Waals surface area contributed by atoms with Gasteiger partial charge in [-0.05, 0) is 37.0 Å². The number of hydrogen-bond donors (Lipinski definition) is 1. The third-order valence-corrected chi connectivity index (χ3v) is 5.26. The SMILES string of the molecule is Cn1nccc1[C@@H]1OCCC[C@H]1C(=O)N1CCc2cc[nH]c(=O)c2C1. The van der Waals surface area contributed by atoms with Crippen LogP contribution in [0.4, 0.5) is 0 Å². The zero-order valence-corrected chi connectivity index (χ0v) is 14.3. The molecule has 1 N–H and O–H groups in total. The van der Waals surface area contributed by atoms with E-state index in [0.717, 1.165) is 30.5 Å². The van der Waals surface area contributed by atoms with E-state index in [1.54, 1.807) is 22.0 Å². The van der Waals surface area contributed by atoms with Crippen molar-refractivity contribution in [2.24, 2.45) is 13.0 Å². The van der Waals surface area contributed by atoms with E-state index in [1.165, 1.54) is 0 Å². The molecule has 2 aromatic heterocycles. The Balaban J connectivity index is 1.58. The number of fused-ring (bicyclic) bond motifs is 1. The summed E-state index contributed by atoms with van der Waals surface area (Å²) in [4.78, 5) is 29.8. The highest BCUT2D eigenvalue weighted by Gasteiger charge is 2.38. The minimum absolute atomic E-state index is 0.0693. The molecule has 2 aliphatic rings. The van der Waals surface area contributed by atoms with Gasteiger partial charge in [-0.1, -0.05) is 0 Å². The number of hydrogen-bond acceptors (Lipinski definition) is 4. The van der Waals surface area contributed by atoms with Gasteiger partial charge in [0, 0.05) is 38.2 Å². The molecule has 7 nitrogen and oxygen atoms in total. The van der Waals surface area contributed by atoms with Crippen molar-refractivity contribution in [3.8, 4) is 0 Å². The van der Waals surface area contributed by atoms with Gasteiger partial charge in [-0.3, -0.25) is 14.3 Å². The Kier molecular flexibility index (Phi) is 4.17. The lowest BCUT2D eigenvalue weighted by molar-refractivity contribution is -0.146. The summed E-state index contributed by atoms with van der Waals surface area (Å²) in [6, 6.07) is 3.84. The first-order chi connectivity index (χ1) is 12.1. The van der Waals surface area contributed by atoms with E-state index < -0.39 is 0 Å². The van der Waals surface area contributed by atoms with Gasteiger partial charge >= 0.3 is 0 Å². The van der Waals surface area contributed by atoms with Crippen LogP contribution < -0.4 is 5.56 Å². The van der Waals surface area contributed by atoms with E-state index in [1.807, 2.05) is 19.2 Å². The summed E-state index contributed by atoms with van der Waals surface area (Å²) in [6.45, 7) is 1.67. The van der Waals surface area contributed by atoms with Gasteiger partial charge in [-0.25, -0.2) is 0 Å². The number of nitrogens with one attached hydrogen (secondary N) is 1. The molecule has 1 saturated heterocycles. The Morgan fingerprint density at radius 1 is 1.40 bits per heavy atom. The first-order valence-corrected chi connectivity index (χ1v) is 8.73. The first-order valence-electron chi connectivity index (χ1n) is 8.73. The number of carbonyl (C=O) groups is 1. The monoisotopic (exact) mass is 342 g/mol. The fraction of sp³-hybridized carbons (Fsp3) is 0.500. The molecular weight excluding hydrogens is 320 g/mol. The van der Waals surface area contributed by atoms with Gasteiger partial charge in [0.05, 0.1) is 18.2 Å². The quantitative estimate of drug-likeness (QED) is 0.888. The molecule has 0 bridgehead atoms. The van der Waals surface area contributed by atoms with E-state index in [0.29, 0.717) is 25.3 Å². The molecule has 0 unspecified atom stereocenters. The molecule has 0 spiro atoms. The Bertz CT molecular complexity index is 841.